The van der Waals surface area contributed by atoms with Crippen LogP contribution in [0.25, 0.3) is 5.69 Å². The molecule has 1 unspecified atom stereocenters. The van der Waals surface area contributed by atoms with Gasteiger partial charge < -0.3 is 10.6 Å². The molecule has 5 rings (SSSR count). The number of hydrogen-bond acceptors (Lipinski definition) is 4. The van der Waals surface area contributed by atoms with Crippen LogP contribution in [0.5, 0.6) is 0 Å². The Morgan fingerprint density at radius 1 is 1.06 bits per heavy atom. The summed E-state index contributed by atoms with van der Waals surface area (Å²) in [6.07, 6.45) is 2.07. The van der Waals surface area contributed by atoms with Crippen molar-refractivity contribution in [2.45, 2.75) is 31.7 Å². The second kappa shape index (κ2) is 8.02. The van der Waals surface area contributed by atoms with Gasteiger partial charge in [0.2, 0.25) is 5.91 Å². The molecule has 2 aliphatic rings. The number of nitrogens with zero attached hydrogens (tertiary/aromatic N) is 3. The van der Waals surface area contributed by atoms with Gasteiger partial charge in [0.25, 0.3) is 11.5 Å². The number of para-hydroxylation sites is 1. The Balaban J connectivity index is 1.39. The van der Waals surface area contributed by atoms with Gasteiger partial charge in [0.05, 0.1) is 11.4 Å². The summed E-state index contributed by atoms with van der Waals surface area (Å²) in [5.74, 6) is -1.05. The average molecular weight is 460 g/mol. The molecule has 2 N–H and O–H groups in total. The van der Waals surface area contributed by atoms with Crippen molar-refractivity contribution in [1.29, 1.82) is 0 Å². The average Bonchev–Trinajstić information content (AvgIpc) is 3.19. The van der Waals surface area contributed by atoms with Gasteiger partial charge in [-0.2, -0.15) is 0 Å². The van der Waals surface area contributed by atoms with Crippen molar-refractivity contribution in [3.05, 3.63) is 81.8 Å². The molecule has 0 saturated carbocycles. The van der Waals surface area contributed by atoms with Crippen molar-refractivity contribution in [3.8, 4) is 5.69 Å². The maximum absolute atomic E-state index is 13.4. The monoisotopic (exact) mass is 459 g/mol. The highest BCUT2D eigenvalue weighted by Crippen LogP contribution is 2.39. The van der Waals surface area contributed by atoms with Crippen molar-refractivity contribution in [2.75, 3.05) is 11.9 Å². The molecule has 0 bridgehead atoms. The molecule has 1 spiro atoms. The molecule has 3 aromatic rings. The number of carbonyl (C=O) groups is 3. The van der Waals surface area contributed by atoms with Crippen LogP contribution in [-0.2, 0) is 28.6 Å². The first-order valence-electron chi connectivity index (χ1n) is 11.2. The van der Waals surface area contributed by atoms with Gasteiger partial charge in [0.15, 0.2) is 0 Å². The Morgan fingerprint density at radius 3 is 2.53 bits per heavy atom. The first-order valence-corrected chi connectivity index (χ1v) is 11.2. The second-order valence-corrected chi connectivity index (χ2v) is 8.72. The smallest absolute Gasteiger partial charge is 0.319 e. The van der Waals surface area contributed by atoms with E-state index in [1.165, 1.54) is 4.68 Å². The maximum atomic E-state index is 13.4. The predicted molar refractivity (Wildman–Crippen MR) is 126 cm³/mol. The molecule has 2 heterocycles. The standard InChI is InChI=1S/C25H25N5O4/c1-16-21(22(32)30(28(16)2)18-11-4-3-5-12-18)26-20(31)15-29-23(33)25(27-24(29)34)14-8-10-17-9-6-7-13-19(17)25/h3-7,9,11-13H,8,10,14-15H2,1-2H3,(H,26,31)(H,27,34). The number of anilines is 1. The number of aromatic nitrogens is 2. The number of rotatable bonds is 4. The fourth-order valence-electron chi connectivity index (χ4n) is 4.99. The molecular formula is C25H25N5O4. The van der Waals surface area contributed by atoms with E-state index in [0.29, 0.717) is 17.8 Å². The summed E-state index contributed by atoms with van der Waals surface area (Å²) in [5, 5.41) is 5.46. The summed E-state index contributed by atoms with van der Waals surface area (Å²) in [4.78, 5) is 53.1. The zero-order valence-corrected chi connectivity index (χ0v) is 19.0. The zero-order chi connectivity index (χ0) is 24.0. The van der Waals surface area contributed by atoms with Crippen LogP contribution in [0.1, 0.15) is 29.7 Å². The number of nitrogens with one attached hydrogen (secondary N) is 2. The molecule has 34 heavy (non-hydrogen) atoms. The van der Waals surface area contributed by atoms with Crippen LogP contribution >= 0.6 is 0 Å². The van der Waals surface area contributed by atoms with E-state index >= 15 is 0 Å². The van der Waals surface area contributed by atoms with Crippen molar-refractivity contribution >= 4 is 23.5 Å². The number of carbonyl (C=O) groups excluding carboxylic acids is 3. The van der Waals surface area contributed by atoms with Crippen LogP contribution in [0.4, 0.5) is 10.5 Å². The minimum Gasteiger partial charge on any atom is -0.319 e. The number of urea groups is 1. The van der Waals surface area contributed by atoms with E-state index in [9.17, 15) is 19.2 Å². The van der Waals surface area contributed by atoms with Crippen LogP contribution in [0.2, 0.25) is 0 Å². The third-order valence-corrected chi connectivity index (χ3v) is 6.77. The van der Waals surface area contributed by atoms with E-state index < -0.39 is 35.5 Å². The lowest BCUT2D eigenvalue weighted by Crippen LogP contribution is -2.47. The van der Waals surface area contributed by atoms with Gasteiger partial charge in [-0.15, -0.1) is 0 Å². The normalized spacial score (nSPS) is 19.3. The maximum Gasteiger partial charge on any atom is 0.325 e. The third-order valence-electron chi connectivity index (χ3n) is 6.77. The number of benzene rings is 2. The lowest BCUT2D eigenvalue weighted by Gasteiger charge is -2.33. The summed E-state index contributed by atoms with van der Waals surface area (Å²) in [6, 6.07) is 16.0. The van der Waals surface area contributed by atoms with Crippen LogP contribution in [0, 0.1) is 6.92 Å². The Hall–Kier alpha value is -4.14. The van der Waals surface area contributed by atoms with Gasteiger partial charge in [-0.05, 0) is 49.4 Å². The van der Waals surface area contributed by atoms with E-state index in [4.69, 9.17) is 0 Å². The number of hydrogen-bond donors (Lipinski definition) is 2. The Morgan fingerprint density at radius 2 is 1.76 bits per heavy atom. The largest absolute Gasteiger partial charge is 0.325 e. The molecule has 4 amide bonds. The van der Waals surface area contributed by atoms with Gasteiger partial charge in [-0.3, -0.25) is 24.0 Å². The van der Waals surface area contributed by atoms with E-state index in [1.54, 1.807) is 30.8 Å². The molecule has 1 aliphatic carbocycles. The van der Waals surface area contributed by atoms with E-state index in [0.717, 1.165) is 28.9 Å². The predicted octanol–water partition coefficient (Wildman–Crippen LogP) is 2.21. The van der Waals surface area contributed by atoms with E-state index in [2.05, 4.69) is 10.6 Å². The molecule has 1 aliphatic heterocycles. The molecule has 174 valence electrons. The number of aryl methyl sites for hydroxylation is 1. The van der Waals surface area contributed by atoms with E-state index in [-0.39, 0.29) is 5.69 Å². The number of amides is 4. The number of imide groups is 1. The topological polar surface area (TPSA) is 105 Å². The third kappa shape index (κ3) is 3.23. The van der Waals surface area contributed by atoms with Gasteiger partial charge >= 0.3 is 6.03 Å². The second-order valence-electron chi connectivity index (χ2n) is 8.72. The molecule has 9 nitrogen and oxygen atoms in total. The summed E-state index contributed by atoms with van der Waals surface area (Å²) < 4.78 is 3.10. The number of fused-ring (bicyclic) bond motifs is 2. The van der Waals surface area contributed by atoms with Gasteiger partial charge in [0.1, 0.15) is 17.8 Å². The van der Waals surface area contributed by atoms with Crippen molar-refractivity contribution in [1.82, 2.24) is 19.6 Å². The molecule has 9 heteroatoms. The van der Waals surface area contributed by atoms with Crippen LogP contribution in [0.15, 0.2) is 59.4 Å². The molecule has 2 aromatic carbocycles. The van der Waals surface area contributed by atoms with Crippen molar-refractivity contribution < 1.29 is 14.4 Å². The lowest BCUT2D eigenvalue weighted by atomic mass is 9.76. The molecule has 1 atom stereocenters. The lowest BCUT2D eigenvalue weighted by molar-refractivity contribution is -0.134. The van der Waals surface area contributed by atoms with Crippen molar-refractivity contribution in [2.24, 2.45) is 7.05 Å². The zero-order valence-electron chi connectivity index (χ0n) is 19.0. The minimum absolute atomic E-state index is 0.112. The quantitative estimate of drug-likeness (QED) is 0.584. The van der Waals surface area contributed by atoms with Gasteiger partial charge in [0, 0.05) is 7.05 Å². The minimum atomic E-state index is -1.14. The van der Waals surface area contributed by atoms with E-state index in [1.807, 2.05) is 42.5 Å². The summed E-state index contributed by atoms with van der Waals surface area (Å²) in [5.41, 5.74) is 1.59. The first kappa shape index (κ1) is 21.7. The fourth-order valence-corrected chi connectivity index (χ4v) is 4.99. The molecule has 1 fully saturated rings. The molecule has 0 radical (unpaired) electrons. The van der Waals surface area contributed by atoms with Crippen LogP contribution in [-0.4, -0.2) is 38.7 Å². The van der Waals surface area contributed by atoms with Crippen molar-refractivity contribution in [3.63, 3.8) is 0 Å². The molecular weight excluding hydrogens is 434 g/mol. The summed E-state index contributed by atoms with van der Waals surface area (Å²) in [6.45, 7) is 1.24. The highest BCUT2D eigenvalue weighted by atomic mass is 16.2. The Labute approximate surface area is 196 Å². The van der Waals surface area contributed by atoms with Crippen LogP contribution < -0.4 is 16.2 Å². The van der Waals surface area contributed by atoms with Gasteiger partial charge in [-0.1, -0.05) is 42.5 Å². The summed E-state index contributed by atoms with van der Waals surface area (Å²) in [7, 11) is 1.72. The Bertz CT molecular complexity index is 1370. The highest BCUT2D eigenvalue weighted by Gasteiger charge is 2.54. The SMILES string of the molecule is Cc1c(NC(=O)CN2C(=O)NC3(CCCc4ccccc43)C2=O)c(=O)n(-c2ccccc2)n1C. The van der Waals surface area contributed by atoms with Crippen LogP contribution in [0.3, 0.4) is 0 Å². The molecule has 1 aromatic heterocycles. The summed E-state index contributed by atoms with van der Waals surface area (Å²) >= 11 is 0. The highest BCUT2D eigenvalue weighted by molar-refractivity contribution is 6.10. The first-order chi connectivity index (χ1) is 16.3. The fraction of sp³-hybridized carbons (Fsp3) is 0.280. The van der Waals surface area contributed by atoms with Gasteiger partial charge in [-0.25, -0.2) is 9.48 Å². The molecule has 1 saturated heterocycles. The Kier molecular flexibility index (Phi) is 5.11.